The first-order valence-electron chi connectivity index (χ1n) is 8.96. The first-order valence-corrected chi connectivity index (χ1v) is 10.4. The van der Waals surface area contributed by atoms with Crippen LogP contribution in [0.15, 0.2) is 23.1 Å². The zero-order valence-electron chi connectivity index (χ0n) is 15.7. The number of carbonyl (C=O) groups is 1. The normalized spacial score (nSPS) is 20.0. The highest BCUT2D eigenvalue weighted by Crippen LogP contribution is 2.26. The predicted molar refractivity (Wildman–Crippen MR) is 106 cm³/mol. The van der Waals surface area contributed by atoms with Gasteiger partial charge in [-0.3, -0.25) is 4.79 Å². The van der Waals surface area contributed by atoms with Gasteiger partial charge in [0.25, 0.3) is 5.91 Å². The molecule has 0 radical (unpaired) electrons. The van der Waals surface area contributed by atoms with Crippen LogP contribution in [0, 0.1) is 12.8 Å². The molecule has 0 aliphatic heterocycles. The summed E-state index contributed by atoms with van der Waals surface area (Å²) in [6.07, 6.45) is 3.00. The lowest BCUT2D eigenvalue weighted by Gasteiger charge is -2.21. The zero-order chi connectivity index (χ0) is 18.6. The van der Waals surface area contributed by atoms with E-state index in [2.05, 4.69) is 5.32 Å². The largest absolute Gasteiger partial charge is 0.349 e. The summed E-state index contributed by atoms with van der Waals surface area (Å²) >= 11 is 0. The number of carbonyl (C=O) groups excluding carboxylic acids is 1. The maximum absolute atomic E-state index is 12.7. The Balaban J connectivity index is 0.00000338. The lowest BCUT2D eigenvalue weighted by atomic mass is 10.0. The molecule has 1 aromatic carbocycles. The fourth-order valence-electron chi connectivity index (χ4n) is 3.47. The first-order chi connectivity index (χ1) is 11.8. The number of aryl methyl sites for hydroxylation is 1. The molecule has 1 aliphatic carbocycles. The van der Waals surface area contributed by atoms with E-state index in [0.717, 1.165) is 24.8 Å². The van der Waals surface area contributed by atoms with Crippen molar-refractivity contribution in [1.29, 1.82) is 0 Å². The van der Waals surface area contributed by atoms with Crippen molar-refractivity contribution in [3.05, 3.63) is 29.3 Å². The van der Waals surface area contributed by atoms with Crippen molar-refractivity contribution in [1.82, 2.24) is 9.62 Å². The zero-order valence-corrected chi connectivity index (χ0v) is 17.3. The molecule has 3 N–H and O–H groups in total. The fourth-order valence-corrected chi connectivity index (χ4v) is 4.96. The SMILES string of the molecule is CCN(CC)S(=O)(=O)c1ccc(C)c(C(=O)NC2CCCC2CN)c1.Cl. The molecule has 0 saturated heterocycles. The molecule has 0 bridgehead atoms. The average molecular weight is 404 g/mol. The van der Waals surface area contributed by atoms with E-state index in [0.29, 0.717) is 31.1 Å². The van der Waals surface area contributed by atoms with Gasteiger partial charge in [0.15, 0.2) is 0 Å². The van der Waals surface area contributed by atoms with Crippen LogP contribution in [0.5, 0.6) is 0 Å². The van der Waals surface area contributed by atoms with Crippen molar-refractivity contribution in [2.75, 3.05) is 19.6 Å². The lowest BCUT2D eigenvalue weighted by molar-refractivity contribution is 0.0928. The molecule has 1 fully saturated rings. The van der Waals surface area contributed by atoms with Gasteiger partial charge in [0, 0.05) is 24.7 Å². The molecule has 1 aliphatic rings. The summed E-state index contributed by atoms with van der Waals surface area (Å²) < 4.78 is 26.8. The third-order valence-corrected chi connectivity index (χ3v) is 7.12. The number of rotatable bonds is 7. The Morgan fingerprint density at radius 1 is 1.27 bits per heavy atom. The molecule has 1 amide bonds. The van der Waals surface area contributed by atoms with E-state index in [4.69, 9.17) is 5.73 Å². The van der Waals surface area contributed by atoms with Crippen LogP contribution >= 0.6 is 12.4 Å². The number of hydrogen-bond donors (Lipinski definition) is 2. The smallest absolute Gasteiger partial charge is 0.251 e. The van der Waals surface area contributed by atoms with Crippen molar-refractivity contribution >= 4 is 28.3 Å². The van der Waals surface area contributed by atoms with Gasteiger partial charge in [0.1, 0.15) is 0 Å². The van der Waals surface area contributed by atoms with Gasteiger partial charge in [-0.1, -0.05) is 26.3 Å². The predicted octanol–water partition coefficient (Wildman–Crippen LogP) is 2.30. The summed E-state index contributed by atoms with van der Waals surface area (Å²) in [7, 11) is -3.58. The Morgan fingerprint density at radius 2 is 1.92 bits per heavy atom. The molecule has 6 nitrogen and oxygen atoms in total. The Morgan fingerprint density at radius 3 is 2.50 bits per heavy atom. The highest BCUT2D eigenvalue weighted by atomic mass is 35.5. The van der Waals surface area contributed by atoms with Gasteiger partial charge in [0.2, 0.25) is 10.0 Å². The van der Waals surface area contributed by atoms with E-state index >= 15 is 0 Å². The Bertz CT molecular complexity index is 720. The highest BCUT2D eigenvalue weighted by molar-refractivity contribution is 7.89. The lowest BCUT2D eigenvalue weighted by Crippen LogP contribution is -2.40. The van der Waals surface area contributed by atoms with Crippen molar-refractivity contribution in [3.8, 4) is 0 Å². The van der Waals surface area contributed by atoms with Gasteiger partial charge in [-0.15, -0.1) is 12.4 Å². The van der Waals surface area contributed by atoms with Crippen molar-refractivity contribution in [2.24, 2.45) is 11.7 Å². The van der Waals surface area contributed by atoms with Gasteiger partial charge < -0.3 is 11.1 Å². The maximum atomic E-state index is 12.7. The van der Waals surface area contributed by atoms with E-state index in [1.165, 1.54) is 10.4 Å². The van der Waals surface area contributed by atoms with E-state index in [1.54, 1.807) is 26.0 Å². The molecule has 2 atom stereocenters. The van der Waals surface area contributed by atoms with Crippen LogP contribution in [0.4, 0.5) is 0 Å². The van der Waals surface area contributed by atoms with E-state index in [1.807, 2.05) is 6.92 Å². The molecule has 0 spiro atoms. The molecule has 2 unspecified atom stereocenters. The van der Waals surface area contributed by atoms with E-state index < -0.39 is 10.0 Å². The van der Waals surface area contributed by atoms with Crippen molar-refractivity contribution in [2.45, 2.75) is 51.0 Å². The van der Waals surface area contributed by atoms with Gasteiger partial charge in [-0.05, 0) is 49.9 Å². The van der Waals surface area contributed by atoms with Gasteiger partial charge in [0.05, 0.1) is 4.90 Å². The number of nitrogens with zero attached hydrogens (tertiary/aromatic N) is 1. The van der Waals surface area contributed by atoms with Crippen LogP contribution in [0.1, 0.15) is 49.0 Å². The van der Waals surface area contributed by atoms with Crippen LogP contribution in [0.2, 0.25) is 0 Å². The van der Waals surface area contributed by atoms with Crippen LogP contribution in [0.25, 0.3) is 0 Å². The Kier molecular flexibility index (Phi) is 8.53. The molecular weight excluding hydrogens is 374 g/mol. The summed E-state index contributed by atoms with van der Waals surface area (Å²) in [5.74, 6) is 0.0753. The number of amides is 1. The molecular formula is C18H30ClN3O3S. The molecule has 2 rings (SSSR count). The van der Waals surface area contributed by atoms with Crippen LogP contribution in [-0.4, -0.2) is 44.3 Å². The number of nitrogens with one attached hydrogen (secondary N) is 1. The van der Waals surface area contributed by atoms with Crippen molar-refractivity contribution in [3.63, 3.8) is 0 Å². The van der Waals surface area contributed by atoms with Crippen molar-refractivity contribution < 1.29 is 13.2 Å². The van der Waals surface area contributed by atoms with Crippen LogP contribution in [-0.2, 0) is 10.0 Å². The fraction of sp³-hybridized carbons (Fsp3) is 0.611. The minimum absolute atomic E-state index is 0. The minimum atomic E-state index is -3.58. The summed E-state index contributed by atoms with van der Waals surface area (Å²) in [5.41, 5.74) is 6.95. The Labute approximate surface area is 163 Å². The number of sulfonamides is 1. The molecule has 8 heteroatoms. The summed E-state index contributed by atoms with van der Waals surface area (Å²) in [5, 5.41) is 3.05. The monoisotopic (exact) mass is 403 g/mol. The molecule has 1 saturated carbocycles. The molecule has 26 heavy (non-hydrogen) atoms. The summed E-state index contributed by atoms with van der Waals surface area (Å²) in [6, 6.07) is 4.82. The number of benzene rings is 1. The molecule has 0 heterocycles. The second kappa shape index (κ2) is 9.69. The van der Waals surface area contributed by atoms with Gasteiger partial charge in [-0.2, -0.15) is 4.31 Å². The molecule has 148 valence electrons. The molecule has 0 aromatic heterocycles. The number of halogens is 1. The second-order valence-electron chi connectivity index (χ2n) is 6.57. The molecule has 1 aromatic rings. The quantitative estimate of drug-likeness (QED) is 0.730. The third-order valence-electron chi connectivity index (χ3n) is 5.08. The third kappa shape index (κ3) is 4.76. The average Bonchev–Trinajstić information content (AvgIpc) is 3.02. The second-order valence-corrected chi connectivity index (χ2v) is 8.51. The standard InChI is InChI=1S/C18H29N3O3S.ClH/c1-4-21(5-2)25(23,24)15-10-9-13(3)16(11-15)18(22)20-17-8-6-7-14(17)12-19;/h9-11,14,17H,4-8,12,19H2,1-3H3,(H,20,22);1H. The van der Waals surface area contributed by atoms with Gasteiger partial charge in [-0.25, -0.2) is 8.42 Å². The van der Waals surface area contributed by atoms with Gasteiger partial charge >= 0.3 is 0 Å². The first kappa shape index (κ1) is 22.9. The van der Waals surface area contributed by atoms with E-state index in [-0.39, 0.29) is 29.3 Å². The maximum Gasteiger partial charge on any atom is 0.251 e. The topological polar surface area (TPSA) is 92.5 Å². The highest BCUT2D eigenvalue weighted by Gasteiger charge is 2.29. The van der Waals surface area contributed by atoms with Crippen LogP contribution < -0.4 is 11.1 Å². The minimum Gasteiger partial charge on any atom is -0.349 e. The summed E-state index contributed by atoms with van der Waals surface area (Å²) in [4.78, 5) is 12.9. The summed E-state index contributed by atoms with van der Waals surface area (Å²) in [6.45, 7) is 6.77. The number of hydrogen-bond acceptors (Lipinski definition) is 4. The Hall–Kier alpha value is -1.15. The van der Waals surface area contributed by atoms with E-state index in [9.17, 15) is 13.2 Å². The van der Waals surface area contributed by atoms with Crippen LogP contribution in [0.3, 0.4) is 0 Å². The number of nitrogens with two attached hydrogens (primary N) is 1.